The van der Waals surface area contributed by atoms with E-state index in [1.54, 1.807) is 12.1 Å². The molecule has 5 heteroatoms. The van der Waals surface area contributed by atoms with E-state index in [0.717, 1.165) is 24.8 Å². The second kappa shape index (κ2) is 7.20. The molecule has 1 fully saturated rings. The number of benzene rings is 1. The minimum atomic E-state index is -0.835. The predicted molar refractivity (Wildman–Crippen MR) is 76.2 cm³/mol. The summed E-state index contributed by atoms with van der Waals surface area (Å²) in [4.78, 5) is 23.1. The molecular formula is C16H20FNO3. The summed E-state index contributed by atoms with van der Waals surface area (Å²) in [5.41, 5.74) is 0.893. The standard InChI is InChI=1S/C16H20FNO3/c17-12-8-5-11(6-9-12)7-10-15(19)18-14-4-2-1-3-13(14)16(20)21/h5-6,8-9,13-14H,1-4,7,10H2,(H,18,19)(H,20,21). The van der Waals surface area contributed by atoms with Gasteiger partial charge >= 0.3 is 5.97 Å². The van der Waals surface area contributed by atoms with Crippen molar-refractivity contribution in [3.63, 3.8) is 0 Å². The van der Waals surface area contributed by atoms with Crippen LogP contribution in [0.3, 0.4) is 0 Å². The van der Waals surface area contributed by atoms with Gasteiger partial charge in [0, 0.05) is 12.5 Å². The van der Waals surface area contributed by atoms with Crippen LogP contribution in [0.2, 0.25) is 0 Å². The number of carboxylic acids is 1. The Kier molecular flexibility index (Phi) is 5.31. The van der Waals surface area contributed by atoms with Gasteiger partial charge in [0.2, 0.25) is 5.91 Å². The SMILES string of the molecule is O=C(CCc1ccc(F)cc1)NC1CCCCC1C(=O)O. The van der Waals surface area contributed by atoms with Crippen LogP contribution in [0.15, 0.2) is 24.3 Å². The van der Waals surface area contributed by atoms with Crippen LogP contribution in [0.4, 0.5) is 4.39 Å². The monoisotopic (exact) mass is 293 g/mol. The number of hydrogen-bond acceptors (Lipinski definition) is 2. The minimum Gasteiger partial charge on any atom is -0.481 e. The van der Waals surface area contributed by atoms with E-state index < -0.39 is 11.9 Å². The Morgan fingerprint density at radius 2 is 1.86 bits per heavy atom. The van der Waals surface area contributed by atoms with Crippen molar-refractivity contribution in [3.8, 4) is 0 Å². The first-order valence-electron chi connectivity index (χ1n) is 7.33. The summed E-state index contributed by atoms with van der Waals surface area (Å²) in [7, 11) is 0. The van der Waals surface area contributed by atoms with E-state index in [2.05, 4.69) is 5.32 Å². The number of aryl methyl sites for hydroxylation is 1. The fourth-order valence-corrected chi connectivity index (χ4v) is 2.79. The number of halogens is 1. The zero-order chi connectivity index (χ0) is 15.2. The van der Waals surface area contributed by atoms with Gasteiger partial charge in [-0.05, 0) is 37.0 Å². The topological polar surface area (TPSA) is 66.4 Å². The summed E-state index contributed by atoms with van der Waals surface area (Å²) >= 11 is 0. The molecule has 0 saturated heterocycles. The second-order valence-corrected chi connectivity index (χ2v) is 5.53. The van der Waals surface area contributed by atoms with Gasteiger partial charge in [-0.1, -0.05) is 25.0 Å². The molecule has 1 amide bonds. The summed E-state index contributed by atoms with van der Waals surface area (Å²) in [5.74, 6) is -1.75. The average molecular weight is 293 g/mol. The van der Waals surface area contributed by atoms with Gasteiger partial charge in [-0.25, -0.2) is 4.39 Å². The zero-order valence-corrected chi connectivity index (χ0v) is 11.8. The molecule has 0 spiro atoms. The van der Waals surface area contributed by atoms with Crippen molar-refractivity contribution in [2.45, 2.75) is 44.6 Å². The smallest absolute Gasteiger partial charge is 0.308 e. The summed E-state index contributed by atoms with van der Waals surface area (Å²) in [6, 6.07) is 5.79. The van der Waals surface area contributed by atoms with Crippen LogP contribution in [-0.4, -0.2) is 23.0 Å². The number of aliphatic carboxylic acids is 1. The third-order valence-electron chi connectivity index (χ3n) is 3.98. The van der Waals surface area contributed by atoms with Crippen LogP contribution >= 0.6 is 0 Å². The maximum atomic E-state index is 12.8. The van der Waals surface area contributed by atoms with E-state index in [1.807, 2.05) is 0 Å². The number of rotatable bonds is 5. The molecule has 4 nitrogen and oxygen atoms in total. The molecule has 2 atom stereocenters. The summed E-state index contributed by atoms with van der Waals surface area (Å²) in [6.45, 7) is 0. The predicted octanol–water partition coefficient (Wildman–Crippen LogP) is 2.52. The third-order valence-corrected chi connectivity index (χ3v) is 3.98. The molecule has 1 aliphatic rings. The Balaban J connectivity index is 1.83. The largest absolute Gasteiger partial charge is 0.481 e. The van der Waals surface area contributed by atoms with Crippen LogP contribution < -0.4 is 5.32 Å². The molecule has 0 bridgehead atoms. The summed E-state index contributed by atoms with van der Waals surface area (Å²) in [5, 5.41) is 12.0. The van der Waals surface area contributed by atoms with Gasteiger partial charge in [0.15, 0.2) is 0 Å². The lowest BCUT2D eigenvalue weighted by atomic mass is 9.84. The second-order valence-electron chi connectivity index (χ2n) is 5.53. The van der Waals surface area contributed by atoms with E-state index in [4.69, 9.17) is 5.11 Å². The van der Waals surface area contributed by atoms with Gasteiger partial charge in [0.05, 0.1) is 5.92 Å². The molecular weight excluding hydrogens is 273 g/mol. The molecule has 0 aliphatic heterocycles. The molecule has 0 radical (unpaired) electrons. The highest BCUT2D eigenvalue weighted by atomic mass is 19.1. The highest BCUT2D eigenvalue weighted by Crippen LogP contribution is 2.24. The van der Waals surface area contributed by atoms with Crippen LogP contribution in [0.25, 0.3) is 0 Å². The van der Waals surface area contributed by atoms with E-state index in [1.165, 1.54) is 12.1 Å². The third kappa shape index (κ3) is 4.55. The first kappa shape index (κ1) is 15.5. The van der Waals surface area contributed by atoms with Gasteiger partial charge < -0.3 is 10.4 Å². The number of carboxylic acid groups (broad SMARTS) is 1. The maximum absolute atomic E-state index is 12.8. The van der Waals surface area contributed by atoms with Crippen LogP contribution in [0.1, 0.15) is 37.7 Å². The van der Waals surface area contributed by atoms with E-state index in [9.17, 15) is 14.0 Å². The fourth-order valence-electron chi connectivity index (χ4n) is 2.79. The van der Waals surface area contributed by atoms with Gasteiger partial charge in [-0.15, -0.1) is 0 Å². The van der Waals surface area contributed by atoms with E-state index in [0.29, 0.717) is 12.8 Å². The molecule has 1 saturated carbocycles. The van der Waals surface area contributed by atoms with Gasteiger partial charge in [0.1, 0.15) is 5.82 Å². The highest BCUT2D eigenvalue weighted by Gasteiger charge is 2.31. The number of carbonyl (C=O) groups is 2. The fraction of sp³-hybridized carbons (Fsp3) is 0.500. The van der Waals surface area contributed by atoms with Crippen molar-refractivity contribution in [2.24, 2.45) is 5.92 Å². The van der Waals surface area contributed by atoms with Crippen molar-refractivity contribution < 1.29 is 19.1 Å². The molecule has 2 unspecified atom stereocenters. The number of amides is 1. The lowest BCUT2D eigenvalue weighted by Crippen LogP contribution is -2.45. The van der Waals surface area contributed by atoms with Crippen molar-refractivity contribution in [3.05, 3.63) is 35.6 Å². The molecule has 1 aromatic rings. The summed E-state index contributed by atoms with van der Waals surface area (Å²) < 4.78 is 12.8. The Morgan fingerprint density at radius 1 is 1.19 bits per heavy atom. The maximum Gasteiger partial charge on any atom is 0.308 e. The molecule has 1 aliphatic carbocycles. The molecule has 114 valence electrons. The highest BCUT2D eigenvalue weighted by molar-refractivity contribution is 5.78. The molecule has 0 heterocycles. The Labute approximate surface area is 123 Å². The van der Waals surface area contributed by atoms with E-state index in [-0.39, 0.29) is 24.2 Å². The molecule has 21 heavy (non-hydrogen) atoms. The molecule has 1 aromatic carbocycles. The Hall–Kier alpha value is -1.91. The zero-order valence-electron chi connectivity index (χ0n) is 11.8. The van der Waals surface area contributed by atoms with Crippen LogP contribution in [-0.2, 0) is 16.0 Å². The first-order chi connectivity index (χ1) is 10.1. The Morgan fingerprint density at radius 3 is 2.52 bits per heavy atom. The quantitative estimate of drug-likeness (QED) is 0.876. The van der Waals surface area contributed by atoms with Gasteiger partial charge in [-0.2, -0.15) is 0 Å². The number of nitrogens with one attached hydrogen (secondary N) is 1. The van der Waals surface area contributed by atoms with Crippen LogP contribution in [0.5, 0.6) is 0 Å². The molecule has 0 aromatic heterocycles. The van der Waals surface area contributed by atoms with Crippen LogP contribution in [0, 0.1) is 11.7 Å². The minimum absolute atomic E-state index is 0.141. The summed E-state index contributed by atoms with van der Waals surface area (Å²) in [6.07, 6.45) is 4.01. The molecule has 2 N–H and O–H groups in total. The Bertz CT molecular complexity index is 501. The number of hydrogen-bond donors (Lipinski definition) is 2. The lowest BCUT2D eigenvalue weighted by Gasteiger charge is -2.29. The number of carbonyl (C=O) groups excluding carboxylic acids is 1. The van der Waals surface area contributed by atoms with Crippen molar-refractivity contribution in [2.75, 3.05) is 0 Å². The van der Waals surface area contributed by atoms with Gasteiger partial charge in [-0.3, -0.25) is 9.59 Å². The lowest BCUT2D eigenvalue weighted by molar-refractivity contribution is -0.144. The van der Waals surface area contributed by atoms with E-state index >= 15 is 0 Å². The van der Waals surface area contributed by atoms with Crippen molar-refractivity contribution >= 4 is 11.9 Å². The molecule has 2 rings (SSSR count). The van der Waals surface area contributed by atoms with Crippen molar-refractivity contribution in [1.29, 1.82) is 0 Å². The first-order valence-corrected chi connectivity index (χ1v) is 7.33. The van der Waals surface area contributed by atoms with Gasteiger partial charge in [0.25, 0.3) is 0 Å². The normalized spacial score (nSPS) is 21.8. The average Bonchev–Trinajstić information content (AvgIpc) is 2.47. The van der Waals surface area contributed by atoms with Crippen molar-refractivity contribution in [1.82, 2.24) is 5.32 Å².